The van der Waals surface area contributed by atoms with Gasteiger partial charge in [-0.25, -0.2) is 4.98 Å². The Hall–Kier alpha value is -1.34. The lowest BCUT2D eigenvalue weighted by molar-refractivity contribution is 0.700. The average molecular weight is 351 g/mol. The molecule has 23 heavy (non-hydrogen) atoms. The van der Waals surface area contributed by atoms with Crippen LogP contribution in [-0.2, 0) is 18.6 Å². The normalized spacial score (nSPS) is 15.0. The van der Waals surface area contributed by atoms with E-state index >= 15 is 0 Å². The van der Waals surface area contributed by atoms with Crippen molar-refractivity contribution in [2.75, 3.05) is 13.1 Å². The third kappa shape index (κ3) is 3.61. The zero-order valence-corrected chi connectivity index (χ0v) is 15.2. The van der Waals surface area contributed by atoms with Gasteiger partial charge in [-0.3, -0.25) is 9.79 Å². The summed E-state index contributed by atoms with van der Waals surface area (Å²) in [6.07, 6.45) is 4.50. The Morgan fingerprint density at radius 3 is 3.00 bits per heavy atom. The highest BCUT2D eigenvalue weighted by Crippen LogP contribution is 2.33. The maximum absolute atomic E-state index is 12.5. The molecule has 0 saturated heterocycles. The van der Waals surface area contributed by atoms with Crippen LogP contribution in [0.5, 0.6) is 0 Å². The second-order valence-electron chi connectivity index (χ2n) is 5.50. The maximum atomic E-state index is 12.5. The summed E-state index contributed by atoms with van der Waals surface area (Å²) in [5.74, 6) is 1.35. The number of thiophene rings is 1. The predicted octanol–water partition coefficient (Wildman–Crippen LogP) is 3.08. The number of fused-ring (bicyclic) bond motifs is 3. The van der Waals surface area contributed by atoms with E-state index in [0.717, 1.165) is 47.1 Å². The van der Waals surface area contributed by atoms with E-state index in [0.29, 0.717) is 5.75 Å². The molecular weight excluding hydrogens is 328 g/mol. The van der Waals surface area contributed by atoms with Gasteiger partial charge in [0, 0.05) is 18.0 Å². The molecular formula is C16H22N4OS2. The maximum Gasteiger partial charge on any atom is 0.259 e. The number of hydrogen-bond acceptors (Lipinski definition) is 5. The first-order chi connectivity index (χ1) is 11.2. The number of nitrogens with zero attached hydrogens (tertiary/aromatic N) is 2. The number of rotatable bonds is 4. The molecule has 0 radical (unpaired) electrons. The largest absolute Gasteiger partial charge is 0.365 e. The van der Waals surface area contributed by atoms with Crippen LogP contribution in [0.1, 0.15) is 43.0 Å². The molecule has 2 heterocycles. The molecule has 2 N–H and O–H groups in total. The van der Waals surface area contributed by atoms with Gasteiger partial charge in [-0.2, -0.15) is 0 Å². The minimum absolute atomic E-state index is 0.0161. The number of aryl methyl sites for hydroxylation is 2. The van der Waals surface area contributed by atoms with Gasteiger partial charge in [0.2, 0.25) is 0 Å². The average Bonchev–Trinajstić information content (AvgIpc) is 2.91. The number of nitrogens with one attached hydrogen (secondary N) is 2. The quantitative estimate of drug-likeness (QED) is 0.657. The number of thioether (sulfide) groups is 1. The second kappa shape index (κ2) is 7.49. The topological polar surface area (TPSA) is 70.1 Å². The molecule has 0 unspecified atom stereocenters. The van der Waals surface area contributed by atoms with Gasteiger partial charge in [0.25, 0.3) is 5.56 Å². The highest BCUT2D eigenvalue weighted by atomic mass is 32.2. The zero-order chi connectivity index (χ0) is 16.2. The number of aromatic amines is 1. The van der Waals surface area contributed by atoms with Crippen LogP contribution < -0.4 is 10.9 Å². The van der Waals surface area contributed by atoms with Gasteiger partial charge in [-0.15, -0.1) is 11.3 Å². The molecule has 0 fully saturated rings. The summed E-state index contributed by atoms with van der Waals surface area (Å²) in [6.45, 7) is 5.65. The number of aromatic nitrogens is 2. The Morgan fingerprint density at radius 2 is 2.22 bits per heavy atom. The van der Waals surface area contributed by atoms with Gasteiger partial charge in [0.15, 0.2) is 5.17 Å². The summed E-state index contributed by atoms with van der Waals surface area (Å²) in [4.78, 5) is 26.8. The second-order valence-corrected chi connectivity index (χ2v) is 7.55. The van der Waals surface area contributed by atoms with E-state index in [1.54, 1.807) is 23.1 Å². The summed E-state index contributed by atoms with van der Waals surface area (Å²) < 4.78 is 0. The van der Waals surface area contributed by atoms with Crippen molar-refractivity contribution in [3.05, 3.63) is 26.6 Å². The zero-order valence-electron chi connectivity index (χ0n) is 13.6. The van der Waals surface area contributed by atoms with Crippen molar-refractivity contribution in [3.8, 4) is 0 Å². The number of amidine groups is 1. The first-order valence-corrected chi connectivity index (χ1v) is 9.97. The Kier molecular flexibility index (Phi) is 5.38. The van der Waals surface area contributed by atoms with Gasteiger partial charge in [0.1, 0.15) is 10.7 Å². The highest BCUT2D eigenvalue weighted by molar-refractivity contribution is 8.13. The van der Waals surface area contributed by atoms with E-state index in [1.807, 2.05) is 13.8 Å². The fourth-order valence-electron chi connectivity index (χ4n) is 2.86. The van der Waals surface area contributed by atoms with E-state index < -0.39 is 0 Å². The van der Waals surface area contributed by atoms with Crippen LogP contribution >= 0.6 is 23.1 Å². The van der Waals surface area contributed by atoms with Gasteiger partial charge in [-0.05, 0) is 45.1 Å². The van der Waals surface area contributed by atoms with Crippen molar-refractivity contribution < 1.29 is 0 Å². The summed E-state index contributed by atoms with van der Waals surface area (Å²) in [5.41, 5.74) is 1.26. The molecule has 5 nitrogen and oxygen atoms in total. The summed E-state index contributed by atoms with van der Waals surface area (Å²) in [5, 5.41) is 4.97. The molecule has 3 rings (SSSR count). The molecule has 0 atom stereocenters. The Morgan fingerprint density at radius 1 is 1.39 bits per heavy atom. The van der Waals surface area contributed by atoms with Crippen molar-refractivity contribution in [3.63, 3.8) is 0 Å². The fourth-order valence-corrected chi connectivity index (χ4v) is 5.02. The molecule has 2 aromatic rings. The van der Waals surface area contributed by atoms with Crippen LogP contribution in [0.4, 0.5) is 0 Å². The third-order valence-corrected chi connectivity index (χ3v) is 6.00. The Labute approximate surface area is 144 Å². The molecule has 2 aromatic heterocycles. The molecule has 0 spiro atoms. The SMILES string of the molecule is CCN=C(NCC)SCc1nc2sc3c(c2c(=O)[nH]1)CCCC3. The molecule has 1 aliphatic rings. The highest BCUT2D eigenvalue weighted by Gasteiger charge is 2.19. The van der Waals surface area contributed by atoms with Crippen LogP contribution in [0.2, 0.25) is 0 Å². The molecule has 1 aliphatic carbocycles. The minimum Gasteiger partial charge on any atom is -0.365 e. The lowest BCUT2D eigenvalue weighted by Crippen LogP contribution is -2.21. The van der Waals surface area contributed by atoms with Crippen molar-refractivity contribution in [2.24, 2.45) is 4.99 Å². The molecule has 124 valence electrons. The van der Waals surface area contributed by atoms with Gasteiger partial charge >= 0.3 is 0 Å². The molecule has 0 saturated carbocycles. The van der Waals surface area contributed by atoms with Gasteiger partial charge in [0.05, 0.1) is 11.1 Å². The van der Waals surface area contributed by atoms with Gasteiger partial charge < -0.3 is 10.3 Å². The third-order valence-electron chi connectivity index (χ3n) is 3.85. The van der Waals surface area contributed by atoms with Crippen LogP contribution in [-0.4, -0.2) is 28.2 Å². The van der Waals surface area contributed by atoms with E-state index in [9.17, 15) is 4.79 Å². The monoisotopic (exact) mass is 350 g/mol. The fraction of sp³-hybridized carbons (Fsp3) is 0.562. The molecule has 0 aromatic carbocycles. The predicted molar refractivity (Wildman–Crippen MR) is 99.8 cm³/mol. The number of aliphatic imine (C=N–C) groups is 1. The number of hydrogen-bond donors (Lipinski definition) is 2. The molecule has 7 heteroatoms. The van der Waals surface area contributed by atoms with Crippen molar-refractivity contribution in [1.82, 2.24) is 15.3 Å². The molecule has 0 bridgehead atoms. The van der Waals surface area contributed by atoms with E-state index in [1.165, 1.54) is 23.3 Å². The first kappa shape index (κ1) is 16.5. The van der Waals surface area contributed by atoms with Crippen molar-refractivity contribution >= 4 is 38.5 Å². The molecule has 0 aliphatic heterocycles. The Balaban J connectivity index is 1.85. The van der Waals surface area contributed by atoms with Crippen LogP contribution in [0.3, 0.4) is 0 Å². The van der Waals surface area contributed by atoms with Crippen LogP contribution in [0.15, 0.2) is 9.79 Å². The lowest BCUT2D eigenvalue weighted by Gasteiger charge is -2.09. The lowest BCUT2D eigenvalue weighted by atomic mass is 9.97. The minimum atomic E-state index is 0.0161. The standard InChI is InChI=1S/C16H22N4OS2/c1-3-17-16(18-4-2)22-9-12-19-14(21)13-10-7-5-6-8-11(10)23-15(13)20-12/h3-9H2,1-2H3,(H,17,18)(H,19,20,21). The Bertz CT molecular complexity index is 778. The van der Waals surface area contributed by atoms with Gasteiger partial charge in [-0.1, -0.05) is 11.8 Å². The van der Waals surface area contributed by atoms with E-state index in [2.05, 4.69) is 15.3 Å². The van der Waals surface area contributed by atoms with Crippen LogP contribution in [0, 0.1) is 0 Å². The first-order valence-electron chi connectivity index (χ1n) is 8.17. The van der Waals surface area contributed by atoms with Crippen LogP contribution in [0.25, 0.3) is 10.2 Å². The number of H-pyrrole nitrogens is 1. The summed E-state index contributed by atoms with van der Waals surface area (Å²) in [7, 11) is 0. The van der Waals surface area contributed by atoms with Crippen molar-refractivity contribution in [2.45, 2.75) is 45.3 Å². The van der Waals surface area contributed by atoms with Crippen molar-refractivity contribution in [1.29, 1.82) is 0 Å². The molecule has 0 amide bonds. The smallest absolute Gasteiger partial charge is 0.259 e. The summed E-state index contributed by atoms with van der Waals surface area (Å²) in [6, 6.07) is 0. The van der Waals surface area contributed by atoms with E-state index in [4.69, 9.17) is 4.98 Å². The summed E-state index contributed by atoms with van der Waals surface area (Å²) >= 11 is 3.28. The van der Waals surface area contributed by atoms with E-state index in [-0.39, 0.29) is 5.56 Å².